The number of aryl methyl sites for hydroxylation is 2. The Kier molecular flexibility index (Phi) is 3.94. The van der Waals surface area contributed by atoms with E-state index in [2.05, 4.69) is 20.7 Å². The van der Waals surface area contributed by atoms with Gasteiger partial charge in [0.2, 0.25) is 0 Å². The molecule has 0 spiro atoms. The number of amides is 1. The minimum absolute atomic E-state index is 0.0636. The summed E-state index contributed by atoms with van der Waals surface area (Å²) in [7, 11) is 1.27. The maximum absolute atomic E-state index is 12.1. The second-order valence-corrected chi connectivity index (χ2v) is 5.82. The van der Waals surface area contributed by atoms with E-state index in [1.807, 2.05) is 19.9 Å². The van der Waals surface area contributed by atoms with Crippen molar-refractivity contribution in [2.24, 2.45) is 0 Å². The molecule has 106 valence electrons. The van der Waals surface area contributed by atoms with Gasteiger partial charge in [-0.25, -0.2) is 0 Å². The van der Waals surface area contributed by atoms with E-state index in [4.69, 9.17) is 0 Å². The summed E-state index contributed by atoms with van der Waals surface area (Å²) in [6, 6.07) is 3.60. The van der Waals surface area contributed by atoms with Gasteiger partial charge in [-0.1, -0.05) is 22.0 Å². The Labute approximate surface area is 125 Å². The van der Waals surface area contributed by atoms with E-state index in [0.29, 0.717) is 11.3 Å². The lowest BCUT2D eigenvalue weighted by Crippen LogP contribution is -2.38. The van der Waals surface area contributed by atoms with Gasteiger partial charge in [0.15, 0.2) is 0 Å². The molecule has 0 aliphatic carbocycles. The van der Waals surface area contributed by atoms with Crippen LogP contribution in [0.15, 0.2) is 12.1 Å². The lowest BCUT2D eigenvalue weighted by Gasteiger charge is -2.20. The predicted octanol–water partition coefficient (Wildman–Crippen LogP) is 1.77. The summed E-state index contributed by atoms with van der Waals surface area (Å²) >= 11 is 3.17. The Morgan fingerprint density at radius 1 is 1.35 bits per heavy atom. The first-order valence-corrected chi connectivity index (χ1v) is 6.97. The zero-order valence-corrected chi connectivity index (χ0v) is 13.0. The smallest absolute Gasteiger partial charge is 0.321 e. The van der Waals surface area contributed by atoms with Crippen molar-refractivity contribution in [2.45, 2.75) is 18.7 Å². The number of halogens is 1. The number of fused-ring (bicyclic) bond motifs is 1. The van der Waals surface area contributed by atoms with E-state index >= 15 is 0 Å². The molecule has 1 unspecified atom stereocenters. The topological polar surface area (TPSA) is 63.7 Å². The first-order chi connectivity index (χ1) is 9.36. The van der Waals surface area contributed by atoms with Gasteiger partial charge >= 0.3 is 5.97 Å². The third-order valence-electron chi connectivity index (χ3n) is 3.20. The summed E-state index contributed by atoms with van der Waals surface area (Å²) < 4.78 is 4.61. The molecule has 1 aliphatic heterocycles. The van der Waals surface area contributed by atoms with Gasteiger partial charge in [0, 0.05) is 6.54 Å². The Hall–Kier alpha value is -1.69. The molecule has 2 rings (SSSR count). The van der Waals surface area contributed by atoms with Crippen molar-refractivity contribution in [1.82, 2.24) is 0 Å². The Balaban J connectivity index is 2.41. The number of Topliss-reactive ketones (excluding diaryl/α,β-unsaturated/α-hetero) is 1. The maximum Gasteiger partial charge on any atom is 0.321 e. The largest absolute Gasteiger partial charge is 0.468 e. The molecule has 0 bridgehead atoms. The van der Waals surface area contributed by atoms with Gasteiger partial charge in [0.25, 0.3) is 11.7 Å². The molecule has 0 saturated carbocycles. The van der Waals surface area contributed by atoms with Gasteiger partial charge in [-0.2, -0.15) is 0 Å². The van der Waals surface area contributed by atoms with Crippen molar-refractivity contribution in [2.75, 3.05) is 18.6 Å². The maximum atomic E-state index is 12.1. The van der Waals surface area contributed by atoms with Crippen molar-refractivity contribution in [3.8, 4) is 0 Å². The Morgan fingerprint density at radius 2 is 2.00 bits per heavy atom. The van der Waals surface area contributed by atoms with Crippen LogP contribution in [0.2, 0.25) is 0 Å². The molecule has 1 aliphatic rings. The van der Waals surface area contributed by atoms with Gasteiger partial charge in [-0.15, -0.1) is 0 Å². The third kappa shape index (κ3) is 2.35. The average molecular weight is 340 g/mol. The van der Waals surface area contributed by atoms with Crippen LogP contribution in [-0.4, -0.2) is 36.1 Å². The number of ketones is 1. The number of benzene rings is 1. The summed E-state index contributed by atoms with van der Waals surface area (Å²) in [5.74, 6) is -1.62. The number of alkyl halides is 1. The zero-order valence-electron chi connectivity index (χ0n) is 11.4. The van der Waals surface area contributed by atoms with Crippen LogP contribution in [0.25, 0.3) is 0 Å². The molecular formula is C14H14BrNO4. The Bertz CT molecular complexity index is 611. The van der Waals surface area contributed by atoms with Crippen LogP contribution in [0.3, 0.4) is 0 Å². The number of anilines is 1. The van der Waals surface area contributed by atoms with Crippen molar-refractivity contribution < 1.29 is 19.1 Å². The fourth-order valence-corrected chi connectivity index (χ4v) is 2.84. The highest BCUT2D eigenvalue weighted by Gasteiger charge is 2.38. The van der Waals surface area contributed by atoms with Gasteiger partial charge in [0.1, 0.15) is 4.83 Å². The number of carbonyl (C=O) groups is 3. The van der Waals surface area contributed by atoms with E-state index in [0.717, 1.165) is 11.1 Å². The number of rotatable bonds is 3. The highest BCUT2D eigenvalue weighted by molar-refractivity contribution is 9.10. The quantitative estimate of drug-likeness (QED) is 0.478. The van der Waals surface area contributed by atoms with E-state index in [1.54, 1.807) is 6.07 Å². The molecule has 1 atom stereocenters. The molecule has 0 fully saturated rings. The van der Waals surface area contributed by atoms with E-state index in [-0.39, 0.29) is 6.54 Å². The van der Waals surface area contributed by atoms with Crippen LogP contribution in [0.4, 0.5) is 5.69 Å². The monoisotopic (exact) mass is 339 g/mol. The number of carbonyl (C=O) groups excluding carboxylic acids is 3. The van der Waals surface area contributed by atoms with Crippen molar-refractivity contribution in [3.05, 3.63) is 28.8 Å². The molecule has 6 heteroatoms. The normalized spacial score (nSPS) is 15.3. The fourth-order valence-electron chi connectivity index (χ4n) is 2.37. The Morgan fingerprint density at radius 3 is 2.60 bits per heavy atom. The van der Waals surface area contributed by atoms with Gasteiger partial charge in [-0.05, 0) is 31.0 Å². The number of nitrogens with zero attached hydrogens (tertiary/aromatic N) is 1. The first-order valence-electron chi connectivity index (χ1n) is 6.06. The van der Waals surface area contributed by atoms with Crippen molar-refractivity contribution in [1.29, 1.82) is 0 Å². The molecule has 0 aromatic heterocycles. The highest BCUT2D eigenvalue weighted by atomic mass is 79.9. The van der Waals surface area contributed by atoms with Gasteiger partial charge < -0.3 is 9.64 Å². The van der Waals surface area contributed by atoms with Gasteiger partial charge in [-0.3, -0.25) is 14.4 Å². The molecule has 0 saturated heterocycles. The van der Waals surface area contributed by atoms with Crippen LogP contribution < -0.4 is 4.90 Å². The van der Waals surface area contributed by atoms with Crippen LogP contribution in [0.1, 0.15) is 21.5 Å². The van der Waals surface area contributed by atoms with Crippen LogP contribution in [0, 0.1) is 13.8 Å². The van der Waals surface area contributed by atoms with Crippen LogP contribution in [-0.2, 0) is 14.3 Å². The standard InChI is InChI=1S/C14H14BrNO4/c1-7-4-8(2)11-9(5-7)12(17)13(18)16(11)6-10(15)14(19)20-3/h4-5,10H,6H2,1-3H3. The minimum Gasteiger partial charge on any atom is -0.468 e. The molecule has 1 aromatic carbocycles. The molecule has 1 heterocycles. The van der Waals surface area contributed by atoms with E-state index < -0.39 is 22.5 Å². The summed E-state index contributed by atoms with van der Waals surface area (Å²) in [5.41, 5.74) is 2.74. The number of hydrogen-bond donors (Lipinski definition) is 0. The number of ether oxygens (including phenoxy) is 1. The lowest BCUT2D eigenvalue weighted by molar-refractivity contribution is -0.139. The first kappa shape index (κ1) is 14.7. The number of hydrogen-bond acceptors (Lipinski definition) is 4. The van der Waals surface area contributed by atoms with Crippen molar-refractivity contribution >= 4 is 39.3 Å². The summed E-state index contributed by atoms with van der Waals surface area (Å²) in [5, 5.41) is 0. The van der Waals surface area contributed by atoms with Gasteiger partial charge in [0.05, 0.1) is 18.4 Å². The SMILES string of the molecule is COC(=O)C(Br)CN1C(=O)C(=O)c2cc(C)cc(C)c21. The summed E-state index contributed by atoms with van der Waals surface area (Å²) in [4.78, 5) is 36.2. The minimum atomic E-state index is -0.670. The highest BCUT2D eigenvalue weighted by Crippen LogP contribution is 2.34. The second kappa shape index (κ2) is 5.36. The average Bonchev–Trinajstić information content (AvgIpc) is 2.63. The summed E-state index contributed by atoms with van der Waals surface area (Å²) in [6.45, 7) is 3.77. The lowest BCUT2D eigenvalue weighted by atomic mass is 10.0. The third-order valence-corrected chi connectivity index (χ3v) is 3.86. The molecule has 20 heavy (non-hydrogen) atoms. The van der Waals surface area contributed by atoms with E-state index in [9.17, 15) is 14.4 Å². The molecule has 5 nitrogen and oxygen atoms in total. The molecule has 0 N–H and O–H groups in total. The molecule has 1 aromatic rings. The number of methoxy groups -OCH3 is 1. The molecule has 1 amide bonds. The van der Waals surface area contributed by atoms with E-state index in [1.165, 1.54) is 12.0 Å². The van der Waals surface area contributed by atoms with Crippen LogP contribution in [0.5, 0.6) is 0 Å². The fraction of sp³-hybridized carbons (Fsp3) is 0.357. The summed E-state index contributed by atoms with van der Waals surface area (Å²) in [6.07, 6.45) is 0. The zero-order chi connectivity index (χ0) is 15.0. The number of esters is 1. The second-order valence-electron chi connectivity index (χ2n) is 4.71. The van der Waals surface area contributed by atoms with Crippen molar-refractivity contribution in [3.63, 3.8) is 0 Å². The molecule has 0 radical (unpaired) electrons. The molecular weight excluding hydrogens is 326 g/mol. The van der Waals surface area contributed by atoms with Crippen LogP contribution >= 0.6 is 15.9 Å². The predicted molar refractivity (Wildman–Crippen MR) is 77.3 cm³/mol.